The summed E-state index contributed by atoms with van der Waals surface area (Å²) >= 11 is 0. The molecular weight excluding hydrogens is 433 g/mol. The molecule has 1 aromatic rings. The Bertz CT molecular complexity index is 988. The minimum absolute atomic E-state index is 0.148. The van der Waals surface area contributed by atoms with Gasteiger partial charge in [0.05, 0.1) is 24.5 Å². The normalized spacial score (nSPS) is 27.4. The zero-order valence-electron chi connectivity index (χ0n) is 19.9. The van der Waals surface area contributed by atoms with Gasteiger partial charge in [-0.15, -0.1) is 0 Å². The van der Waals surface area contributed by atoms with Gasteiger partial charge in [-0.05, 0) is 73.2 Å². The van der Waals surface area contributed by atoms with Crippen LogP contribution in [-0.4, -0.2) is 58.3 Å². The number of carbonyl (C=O) groups excluding carboxylic acids is 2. The molecule has 0 saturated carbocycles. The number of amides is 2. The maximum absolute atomic E-state index is 13.2. The topological polar surface area (TPSA) is 107 Å². The van der Waals surface area contributed by atoms with E-state index >= 15 is 0 Å². The van der Waals surface area contributed by atoms with Gasteiger partial charge >= 0.3 is 7.12 Å². The molecule has 8 heteroatoms. The summed E-state index contributed by atoms with van der Waals surface area (Å²) in [6.45, 7) is 4.26. The van der Waals surface area contributed by atoms with E-state index in [1.165, 1.54) is 10.5 Å². The Morgan fingerprint density at radius 3 is 2.56 bits per heavy atom. The molecule has 4 atom stereocenters. The summed E-state index contributed by atoms with van der Waals surface area (Å²) in [5.74, 6) is -1.30. The molecule has 0 radical (unpaired) electrons. The molecule has 0 bridgehead atoms. The van der Waals surface area contributed by atoms with Crippen LogP contribution in [0.25, 0.3) is 6.08 Å². The monoisotopic (exact) mass is 467 g/mol. The fraction of sp³-hybridized carbons (Fsp3) is 0.538. The first-order valence-corrected chi connectivity index (χ1v) is 12.4. The summed E-state index contributed by atoms with van der Waals surface area (Å²) in [4.78, 5) is 27.6. The molecule has 1 aliphatic carbocycles. The van der Waals surface area contributed by atoms with Crippen LogP contribution in [-0.2, 0) is 14.2 Å². The molecular formula is C26H34BNO6. The molecule has 0 aromatic heterocycles. The first-order valence-electron chi connectivity index (χ1n) is 12.4. The lowest BCUT2D eigenvalue weighted by Crippen LogP contribution is -2.46. The van der Waals surface area contributed by atoms with Gasteiger partial charge in [0, 0.05) is 6.54 Å². The number of carbonyl (C=O) groups is 2. The molecule has 4 rings (SSSR count). The van der Waals surface area contributed by atoms with E-state index in [-0.39, 0.29) is 36.4 Å². The average Bonchev–Trinajstić information content (AvgIpc) is 3.07. The minimum Gasteiger partial charge on any atom is -0.508 e. The van der Waals surface area contributed by atoms with E-state index < -0.39 is 25.1 Å². The van der Waals surface area contributed by atoms with Crippen molar-refractivity contribution >= 4 is 25.0 Å². The van der Waals surface area contributed by atoms with Crippen molar-refractivity contribution in [1.29, 1.82) is 0 Å². The Balaban J connectivity index is 1.58. The number of imide groups is 1. The van der Waals surface area contributed by atoms with Gasteiger partial charge < -0.3 is 19.9 Å². The van der Waals surface area contributed by atoms with Gasteiger partial charge in [-0.2, -0.15) is 0 Å². The number of phenols is 1. The van der Waals surface area contributed by atoms with E-state index in [4.69, 9.17) is 4.65 Å². The number of phenolic OH excluding ortho intramolecular Hbond substituents is 1. The van der Waals surface area contributed by atoms with E-state index in [0.29, 0.717) is 25.8 Å². The third-order valence-corrected chi connectivity index (χ3v) is 7.48. The maximum atomic E-state index is 13.2. The zero-order valence-corrected chi connectivity index (χ0v) is 19.9. The van der Waals surface area contributed by atoms with Crippen LogP contribution in [0.3, 0.4) is 0 Å². The predicted octanol–water partition coefficient (Wildman–Crippen LogP) is 3.17. The van der Waals surface area contributed by atoms with E-state index in [0.717, 1.165) is 29.6 Å². The van der Waals surface area contributed by atoms with E-state index in [9.17, 15) is 24.8 Å². The van der Waals surface area contributed by atoms with Crippen molar-refractivity contribution < 1.29 is 29.5 Å². The maximum Gasteiger partial charge on any atom is 0.455 e. The van der Waals surface area contributed by atoms with Crippen molar-refractivity contribution in [2.45, 2.75) is 58.4 Å². The Kier molecular flexibility index (Phi) is 7.60. The van der Waals surface area contributed by atoms with Gasteiger partial charge in [0.25, 0.3) is 0 Å². The van der Waals surface area contributed by atoms with Crippen molar-refractivity contribution in [3.8, 4) is 5.75 Å². The van der Waals surface area contributed by atoms with Crippen molar-refractivity contribution in [3.05, 3.63) is 46.5 Å². The molecule has 2 fully saturated rings. The SMILES string of the molecule is CCCN1C(=O)[C@@H]2[C@@H](CC(CO)=C3[C@@H](CC/C(=C/c4ccc(O)cc4)CC)OB(O)C[C@@H]32)C1=O. The molecule has 2 aliphatic heterocycles. The van der Waals surface area contributed by atoms with Crippen molar-refractivity contribution in [3.63, 3.8) is 0 Å². The largest absolute Gasteiger partial charge is 0.508 e. The van der Waals surface area contributed by atoms with E-state index in [1.807, 2.05) is 19.1 Å². The Labute approximate surface area is 201 Å². The van der Waals surface area contributed by atoms with Gasteiger partial charge in [-0.25, -0.2) is 0 Å². The second-order valence-corrected chi connectivity index (χ2v) is 9.59. The fourth-order valence-corrected chi connectivity index (χ4v) is 5.89. The zero-order chi connectivity index (χ0) is 24.4. The summed E-state index contributed by atoms with van der Waals surface area (Å²) in [5, 5.41) is 30.2. The summed E-state index contributed by atoms with van der Waals surface area (Å²) in [5.41, 5.74) is 3.89. The van der Waals surface area contributed by atoms with E-state index in [1.54, 1.807) is 12.1 Å². The number of allylic oxidation sites excluding steroid dienone is 1. The highest BCUT2D eigenvalue weighted by molar-refractivity contribution is 6.43. The number of aliphatic hydroxyl groups is 1. The number of fused-ring (bicyclic) bond motifs is 3. The molecule has 182 valence electrons. The third-order valence-electron chi connectivity index (χ3n) is 7.48. The van der Waals surface area contributed by atoms with Crippen molar-refractivity contribution in [2.75, 3.05) is 13.2 Å². The van der Waals surface area contributed by atoms with Gasteiger partial charge in [0.2, 0.25) is 11.8 Å². The molecule has 34 heavy (non-hydrogen) atoms. The molecule has 0 unspecified atom stereocenters. The highest BCUT2D eigenvalue weighted by Crippen LogP contribution is 2.50. The number of nitrogens with zero attached hydrogens (tertiary/aromatic N) is 1. The Morgan fingerprint density at radius 1 is 1.18 bits per heavy atom. The summed E-state index contributed by atoms with van der Waals surface area (Å²) in [7, 11) is -1.01. The lowest BCUT2D eigenvalue weighted by Gasteiger charge is -2.43. The first kappa shape index (κ1) is 24.7. The van der Waals surface area contributed by atoms with Crippen LogP contribution >= 0.6 is 0 Å². The van der Waals surface area contributed by atoms with Gasteiger partial charge in [0.1, 0.15) is 5.75 Å². The van der Waals surface area contributed by atoms with Gasteiger partial charge in [-0.1, -0.05) is 37.6 Å². The average molecular weight is 467 g/mol. The highest BCUT2D eigenvalue weighted by Gasteiger charge is 2.56. The molecule has 3 N–H and O–H groups in total. The molecule has 1 aromatic carbocycles. The minimum atomic E-state index is -1.01. The summed E-state index contributed by atoms with van der Waals surface area (Å²) in [6, 6.07) is 7.03. The first-order chi connectivity index (χ1) is 16.4. The van der Waals surface area contributed by atoms with Crippen LogP contribution in [0.1, 0.15) is 51.5 Å². The number of hydrogen-bond acceptors (Lipinski definition) is 6. The lowest BCUT2D eigenvalue weighted by atomic mass is 9.58. The van der Waals surface area contributed by atoms with E-state index in [2.05, 4.69) is 13.0 Å². The predicted molar refractivity (Wildman–Crippen MR) is 129 cm³/mol. The Hall–Kier alpha value is -2.42. The summed E-state index contributed by atoms with van der Waals surface area (Å²) in [6.07, 6.45) is 5.21. The standard InChI is InChI=1S/C26H34BNO6/c1-3-11-28-25(31)20-13-18(15-29)23-21(24(20)26(28)32)14-27(33)34-22(23)10-7-16(4-2)12-17-5-8-19(30)9-6-17/h5-6,8-9,12,20-22,24,29-30,33H,3-4,7,10-11,13-15H2,1-2H3/b16-12+/t20-,21+,22-,24-/m1/s1. The van der Waals surface area contributed by atoms with Crippen LogP contribution in [0.2, 0.25) is 6.32 Å². The van der Waals surface area contributed by atoms with Crippen LogP contribution in [0, 0.1) is 17.8 Å². The number of likely N-dealkylation sites (tertiary alicyclic amines) is 1. The quantitative estimate of drug-likeness (QED) is 0.308. The molecule has 2 saturated heterocycles. The van der Waals surface area contributed by atoms with Gasteiger partial charge in [0.15, 0.2) is 0 Å². The Morgan fingerprint density at radius 2 is 1.91 bits per heavy atom. The number of rotatable bonds is 8. The number of aromatic hydroxyl groups is 1. The number of aliphatic hydroxyl groups excluding tert-OH is 1. The van der Waals surface area contributed by atoms with Crippen molar-refractivity contribution in [1.82, 2.24) is 4.90 Å². The molecule has 0 spiro atoms. The highest BCUT2D eigenvalue weighted by atomic mass is 16.5. The smallest absolute Gasteiger partial charge is 0.455 e. The second-order valence-electron chi connectivity index (χ2n) is 9.59. The van der Waals surface area contributed by atoms with Crippen LogP contribution in [0.4, 0.5) is 0 Å². The number of hydrogen-bond donors (Lipinski definition) is 3. The molecule has 2 amide bonds. The van der Waals surface area contributed by atoms with Crippen molar-refractivity contribution in [2.24, 2.45) is 17.8 Å². The van der Waals surface area contributed by atoms with Crippen LogP contribution < -0.4 is 0 Å². The molecule has 3 aliphatic rings. The third kappa shape index (κ3) is 4.72. The lowest BCUT2D eigenvalue weighted by molar-refractivity contribution is -0.140. The molecule has 7 nitrogen and oxygen atoms in total. The number of benzene rings is 1. The second kappa shape index (κ2) is 10.5. The van der Waals surface area contributed by atoms with Gasteiger partial charge in [-0.3, -0.25) is 14.5 Å². The van der Waals surface area contributed by atoms with Crippen LogP contribution in [0.15, 0.2) is 41.0 Å². The van der Waals surface area contributed by atoms with Crippen LogP contribution in [0.5, 0.6) is 5.75 Å². The fourth-order valence-electron chi connectivity index (χ4n) is 5.89. The molecule has 2 heterocycles. The summed E-state index contributed by atoms with van der Waals surface area (Å²) < 4.78 is 5.95.